The van der Waals surface area contributed by atoms with E-state index in [9.17, 15) is 0 Å². The summed E-state index contributed by atoms with van der Waals surface area (Å²) in [5.74, 6) is 0.845. The average molecular weight is 310 g/mol. The van der Waals surface area contributed by atoms with E-state index >= 15 is 0 Å². The Kier molecular flexibility index (Phi) is 4.79. The highest BCUT2D eigenvalue weighted by molar-refractivity contribution is 6.35. The number of rotatable bonds is 4. The van der Waals surface area contributed by atoms with Crippen LogP contribution in [-0.2, 0) is 0 Å². The van der Waals surface area contributed by atoms with Gasteiger partial charge in [-0.3, -0.25) is 0 Å². The average Bonchev–Trinajstić information content (AvgIpc) is 2.44. The molecule has 2 aromatic carbocycles. The Labute approximate surface area is 129 Å². The maximum atomic E-state index is 6.24. The van der Waals surface area contributed by atoms with Crippen molar-refractivity contribution in [3.63, 3.8) is 0 Å². The maximum absolute atomic E-state index is 6.24. The van der Waals surface area contributed by atoms with Crippen molar-refractivity contribution in [3.05, 3.63) is 57.6 Å². The van der Waals surface area contributed by atoms with Gasteiger partial charge in [-0.05, 0) is 49.2 Å². The summed E-state index contributed by atoms with van der Waals surface area (Å²) in [5, 5.41) is 4.76. The number of benzene rings is 2. The predicted molar refractivity (Wildman–Crippen MR) is 86.2 cm³/mol. The third-order valence-corrected chi connectivity index (χ3v) is 3.96. The fourth-order valence-corrected chi connectivity index (χ4v) is 2.40. The zero-order chi connectivity index (χ0) is 14.7. The van der Waals surface area contributed by atoms with Gasteiger partial charge in [0.05, 0.1) is 17.8 Å². The van der Waals surface area contributed by atoms with Crippen LogP contribution in [0.25, 0.3) is 0 Å². The summed E-state index contributed by atoms with van der Waals surface area (Å²) in [5.41, 5.74) is 2.96. The number of aryl methyl sites for hydroxylation is 1. The third kappa shape index (κ3) is 3.38. The van der Waals surface area contributed by atoms with E-state index in [1.807, 2.05) is 43.3 Å². The smallest absolute Gasteiger partial charge is 0.118 e. The standard InChI is InChI=1S/C16H17Cl2NO/c1-10-8-15(18)16(9-14(10)17)19-11(2)12-4-6-13(20-3)7-5-12/h4-9,11,19H,1-3H3. The first-order valence-electron chi connectivity index (χ1n) is 6.37. The lowest BCUT2D eigenvalue weighted by Crippen LogP contribution is -2.07. The van der Waals surface area contributed by atoms with E-state index in [-0.39, 0.29) is 6.04 Å². The molecule has 0 radical (unpaired) electrons. The summed E-state index contributed by atoms with van der Waals surface area (Å²) in [7, 11) is 1.66. The molecule has 0 aliphatic heterocycles. The number of methoxy groups -OCH3 is 1. The van der Waals surface area contributed by atoms with E-state index in [2.05, 4.69) is 12.2 Å². The summed E-state index contributed by atoms with van der Waals surface area (Å²) in [6.45, 7) is 4.01. The van der Waals surface area contributed by atoms with Gasteiger partial charge in [0, 0.05) is 11.1 Å². The highest BCUT2D eigenvalue weighted by atomic mass is 35.5. The Morgan fingerprint density at radius 1 is 1.05 bits per heavy atom. The molecule has 2 aromatic rings. The number of hydrogen-bond acceptors (Lipinski definition) is 2. The lowest BCUT2D eigenvalue weighted by molar-refractivity contribution is 0.414. The van der Waals surface area contributed by atoms with Crippen LogP contribution < -0.4 is 10.1 Å². The lowest BCUT2D eigenvalue weighted by Gasteiger charge is -2.18. The van der Waals surface area contributed by atoms with Crippen LogP contribution in [0.3, 0.4) is 0 Å². The molecule has 0 saturated carbocycles. The van der Waals surface area contributed by atoms with Gasteiger partial charge in [0.1, 0.15) is 5.75 Å². The molecule has 0 aromatic heterocycles. The Balaban J connectivity index is 2.18. The van der Waals surface area contributed by atoms with Crippen molar-refractivity contribution in [2.24, 2.45) is 0 Å². The number of halogens is 2. The molecule has 0 aliphatic carbocycles. The molecule has 1 atom stereocenters. The molecule has 0 saturated heterocycles. The SMILES string of the molecule is COc1ccc(C(C)Nc2cc(Cl)c(C)cc2Cl)cc1. The monoisotopic (exact) mass is 309 g/mol. The van der Waals surface area contributed by atoms with Crippen molar-refractivity contribution in [3.8, 4) is 5.75 Å². The van der Waals surface area contributed by atoms with Crippen LogP contribution in [-0.4, -0.2) is 7.11 Å². The van der Waals surface area contributed by atoms with E-state index in [0.717, 1.165) is 22.6 Å². The van der Waals surface area contributed by atoms with Gasteiger partial charge in [0.15, 0.2) is 0 Å². The first kappa shape index (κ1) is 15.0. The van der Waals surface area contributed by atoms with Crippen LogP contribution in [0, 0.1) is 6.92 Å². The lowest BCUT2D eigenvalue weighted by atomic mass is 10.1. The molecule has 106 valence electrons. The molecule has 0 heterocycles. The zero-order valence-electron chi connectivity index (χ0n) is 11.7. The highest BCUT2D eigenvalue weighted by Gasteiger charge is 2.10. The van der Waals surface area contributed by atoms with Crippen molar-refractivity contribution in [2.75, 3.05) is 12.4 Å². The van der Waals surface area contributed by atoms with Crippen LogP contribution in [0.15, 0.2) is 36.4 Å². The van der Waals surface area contributed by atoms with Crippen molar-refractivity contribution in [2.45, 2.75) is 19.9 Å². The quantitative estimate of drug-likeness (QED) is 0.807. The van der Waals surface area contributed by atoms with Gasteiger partial charge in [0.2, 0.25) is 0 Å². The Hall–Kier alpha value is -1.38. The maximum Gasteiger partial charge on any atom is 0.118 e. The molecule has 0 bridgehead atoms. The van der Waals surface area contributed by atoms with Crippen molar-refractivity contribution < 1.29 is 4.74 Å². The topological polar surface area (TPSA) is 21.3 Å². The predicted octanol–water partition coefficient (Wildman–Crippen LogP) is 5.48. The van der Waals surface area contributed by atoms with E-state index < -0.39 is 0 Å². The highest BCUT2D eigenvalue weighted by Crippen LogP contribution is 2.31. The van der Waals surface area contributed by atoms with E-state index in [1.54, 1.807) is 7.11 Å². The van der Waals surface area contributed by atoms with Gasteiger partial charge < -0.3 is 10.1 Å². The minimum Gasteiger partial charge on any atom is -0.497 e. The second-order valence-electron chi connectivity index (χ2n) is 4.72. The Morgan fingerprint density at radius 3 is 2.30 bits per heavy atom. The molecule has 4 heteroatoms. The van der Waals surface area contributed by atoms with Crippen LogP contribution >= 0.6 is 23.2 Å². The molecule has 2 nitrogen and oxygen atoms in total. The molecule has 0 fully saturated rings. The first-order chi connectivity index (χ1) is 9.51. The molecule has 2 rings (SSSR count). The molecular weight excluding hydrogens is 293 g/mol. The first-order valence-corrected chi connectivity index (χ1v) is 7.13. The van der Waals surface area contributed by atoms with Gasteiger partial charge in [-0.2, -0.15) is 0 Å². The molecule has 1 unspecified atom stereocenters. The van der Waals surface area contributed by atoms with Crippen molar-refractivity contribution >= 4 is 28.9 Å². The van der Waals surface area contributed by atoms with Crippen molar-refractivity contribution in [1.29, 1.82) is 0 Å². The minimum atomic E-state index is 0.122. The van der Waals surface area contributed by atoms with E-state index in [0.29, 0.717) is 10.0 Å². The van der Waals surface area contributed by atoms with Crippen molar-refractivity contribution in [1.82, 2.24) is 0 Å². The van der Waals surface area contributed by atoms with Gasteiger partial charge in [0.25, 0.3) is 0 Å². The van der Waals surface area contributed by atoms with Crippen LogP contribution in [0.1, 0.15) is 24.1 Å². The Bertz CT molecular complexity index is 596. The minimum absolute atomic E-state index is 0.122. The van der Waals surface area contributed by atoms with Gasteiger partial charge in [-0.1, -0.05) is 35.3 Å². The fraction of sp³-hybridized carbons (Fsp3) is 0.250. The third-order valence-electron chi connectivity index (χ3n) is 3.24. The normalized spacial score (nSPS) is 12.1. The van der Waals surface area contributed by atoms with Gasteiger partial charge in [-0.25, -0.2) is 0 Å². The zero-order valence-corrected chi connectivity index (χ0v) is 13.2. The second-order valence-corrected chi connectivity index (χ2v) is 5.53. The van der Waals surface area contributed by atoms with Crippen LogP contribution in [0.5, 0.6) is 5.75 Å². The number of ether oxygens (including phenoxy) is 1. The molecule has 0 spiro atoms. The van der Waals surface area contributed by atoms with E-state index in [4.69, 9.17) is 27.9 Å². The molecule has 0 amide bonds. The molecular formula is C16H17Cl2NO. The largest absolute Gasteiger partial charge is 0.497 e. The summed E-state index contributed by atoms with van der Waals surface area (Å²) in [6.07, 6.45) is 0. The molecule has 20 heavy (non-hydrogen) atoms. The fourth-order valence-electron chi connectivity index (χ4n) is 1.97. The second kappa shape index (κ2) is 6.38. The summed E-state index contributed by atoms with van der Waals surface area (Å²) < 4.78 is 5.16. The summed E-state index contributed by atoms with van der Waals surface area (Å²) in [6, 6.07) is 11.8. The number of hydrogen-bond donors (Lipinski definition) is 1. The number of nitrogens with one attached hydrogen (secondary N) is 1. The molecule has 1 N–H and O–H groups in total. The van der Waals surface area contributed by atoms with Gasteiger partial charge in [-0.15, -0.1) is 0 Å². The van der Waals surface area contributed by atoms with Gasteiger partial charge >= 0.3 is 0 Å². The van der Waals surface area contributed by atoms with Crippen LogP contribution in [0.4, 0.5) is 5.69 Å². The summed E-state index contributed by atoms with van der Waals surface area (Å²) >= 11 is 12.4. The number of anilines is 1. The Morgan fingerprint density at radius 2 is 1.70 bits per heavy atom. The summed E-state index contributed by atoms with van der Waals surface area (Å²) in [4.78, 5) is 0. The van der Waals surface area contributed by atoms with E-state index in [1.165, 1.54) is 0 Å². The molecule has 0 aliphatic rings. The van der Waals surface area contributed by atoms with Crippen LogP contribution in [0.2, 0.25) is 10.0 Å².